The number of carbonyl (C=O) groups excluding carboxylic acids is 1. The van der Waals surface area contributed by atoms with Crippen LogP contribution in [0.25, 0.3) is 0 Å². The first kappa shape index (κ1) is 24.2. The molecule has 1 aliphatic heterocycles. The van der Waals surface area contributed by atoms with E-state index in [1.807, 2.05) is 31.2 Å². The van der Waals surface area contributed by atoms with Crippen LogP contribution in [0.5, 0.6) is 0 Å². The van der Waals surface area contributed by atoms with E-state index in [1.54, 1.807) is 0 Å². The molecule has 1 saturated heterocycles. The van der Waals surface area contributed by atoms with Crippen LogP contribution in [0.1, 0.15) is 50.0 Å². The van der Waals surface area contributed by atoms with E-state index in [-0.39, 0.29) is 5.91 Å². The van der Waals surface area contributed by atoms with E-state index in [1.165, 1.54) is 0 Å². The summed E-state index contributed by atoms with van der Waals surface area (Å²) in [7, 11) is 0. The van der Waals surface area contributed by atoms with Crippen LogP contribution in [-0.2, 0) is 11.3 Å². The second-order valence-corrected chi connectivity index (χ2v) is 8.07. The van der Waals surface area contributed by atoms with Gasteiger partial charge in [-0.1, -0.05) is 26.0 Å². The van der Waals surface area contributed by atoms with E-state index in [0.717, 1.165) is 57.3 Å². The third-order valence-electron chi connectivity index (χ3n) is 5.10. The molecule has 1 aromatic rings. The lowest BCUT2D eigenvalue weighted by Crippen LogP contribution is -2.51. The number of amides is 1. The maximum atomic E-state index is 12.1. The molecule has 3 N–H and O–H groups in total. The predicted molar refractivity (Wildman–Crippen MR) is 123 cm³/mol. The van der Waals surface area contributed by atoms with Crippen LogP contribution in [0.3, 0.4) is 0 Å². The molecule has 7 heteroatoms. The minimum atomic E-state index is -0.0459. The molecule has 0 radical (unpaired) electrons. The zero-order valence-electron chi connectivity index (χ0n) is 19.0. The molecule has 0 aromatic heterocycles. The smallest absolute Gasteiger partial charge is 0.251 e. The molecule has 1 fully saturated rings. The van der Waals surface area contributed by atoms with Crippen molar-refractivity contribution in [1.82, 2.24) is 20.9 Å². The third kappa shape index (κ3) is 8.32. The largest absolute Gasteiger partial charge is 0.379 e. The van der Waals surface area contributed by atoms with Crippen LogP contribution in [0.2, 0.25) is 0 Å². The molecule has 0 spiro atoms. The minimum absolute atomic E-state index is 0.0459. The summed E-state index contributed by atoms with van der Waals surface area (Å²) in [4.78, 5) is 19.3. The van der Waals surface area contributed by atoms with Crippen molar-refractivity contribution in [2.75, 3.05) is 45.9 Å². The lowest BCUT2D eigenvalue weighted by Gasteiger charge is -2.35. The molecule has 7 nitrogen and oxygen atoms in total. The van der Waals surface area contributed by atoms with Crippen LogP contribution in [0.4, 0.5) is 0 Å². The maximum Gasteiger partial charge on any atom is 0.251 e. The fourth-order valence-corrected chi connectivity index (χ4v) is 3.65. The average Bonchev–Trinajstić information content (AvgIpc) is 2.75. The topological polar surface area (TPSA) is 78.0 Å². The Balaban J connectivity index is 2.00. The quantitative estimate of drug-likeness (QED) is 0.402. The van der Waals surface area contributed by atoms with Crippen LogP contribution in [0, 0.1) is 5.92 Å². The minimum Gasteiger partial charge on any atom is -0.379 e. The van der Waals surface area contributed by atoms with Crippen molar-refractivity contribution < 1.29 is 9.53 Å². The maximum absolute atomic E-state index is 12.1. The standard InChI is InChI=1S/C23H39N5O2/c1-5-24-22(29)20-9-7-8-19(15-20)16-26-23(25-6-2)27-17-21(14-18(3)4)28-10-12-30-13-11-28/h7-9,15,18,21H,5-6,10-14,16-17H2,1-4H3,(H,24,29)(H2,25,26,27). The number of hydrogen-bond acceptors (Lipinski definition) is 4. The Morgan fingerprint density at radius 3 is 2.53 bits per heavy atom. The molecule has 168 valence electrons. The first-order valence-electron chi connectivity index (χ1n) is 11.2. The second kappa shape index (κ2) is 13.2. The van der Waals surface area contributed by atoms with Gasteiger partial charge in [-0.05, 0) is 43.9 Å². The van der Waals surface area contributed by atoms with Gasteiger partial charge in [0, 0.05) is 44.3 Å². The van der Waals surface area contributed by atoms with Gasteiger partial charge in [-0.15, -0.1) is 0 Å². The molecule has 1 atom stereocenters. The van der Waals surface area contributed by atoms with Gasteiger partial charge < -0.3 is 20.7 Å². The number of aliphatic imine (C=N–C) groups is 1. The summed E-state index contributed by atoms with van der Waals surface area (Å²) >= 11 is 0. The molecule has 0 bridgehead atoms. The van der Waals surface area contributed by atoms with Crippen molar-refractivity contribution >= 4 is 11.9 Å². The number of benzene rings is 1. The van der Waals surface area contributed by atoms with Gasteiger partial charge in [0.25, 0.3) is 5.91 Å². The molecule has 1 unspecified atom stereocenters. The number of nitrogens with one attached hydrogen (secondary N) is 3. The molecule has 30 heavy (non-hydrogen) atoms. The molecular formula is C23H39N5O2. The highest BCUT2D eigenvalue weighted by Gasteiger charge is 2.22. The molecule has 1 aliphatic rings. The molecule has 0 aliphatic carbocycles. The zero-order valence-corrected chi connectivity index (χ0v) is 19.0. The summed E-state index contributed by atoms with van der Waals surface area (Å²) in [5, 5.41) is 9.71. The second-order valence-electron chi connectivity index (χ2n) is 8.07. The summed E-state index contributed by atoms with van der Waals surface area (Å²) in [6.45, 7) is 14.9. The highest BCUT2D eigenvalue weighted by molar-refractivity contribution is 5.94. The third-order valence-corrected chi connectivity index (χ3v) is 5.10. The Hall–Kier alpha value is -2.12. The lowest BCUT2D eigenvalue weighted by atomic mass is 10.0. The number of hydrogen-bond donors (Lipinski definition) is 3. The summed E-state index contributed by atoms with van der Waals surface area (Å²) in [6, 6.07) is 8.12. The van der Waals surface area contributed by atoms with E-state index in [4.69, 9.17) is 9.73 Å². The number of guanidine groups is 1. The first-order valence-corrected chi connectivity index (χ1v) is 11.2. The number of ether oxygens (including phenoxy) is 1. The van der Waals surface area contributed by atoms with Gasteiger partial charge in [0.1, 0.15) is 0 Å². The van der Waals surface area contributed by atoms with E-state index in [2.05, 4.69) is 41.6 Å². The Morgan fingerprint density at radius 2 is 1.87 bits per heavy atom. The van der Waals surface area contributed by atoms with Crippen molar-refractivity contribution in [3.05, 3.63) is 35.4 Å². The summed E-state index contributed by atoms with van der Waals surface area (Å²) in [5.41, 5.74) is 1.69. The molecular weight excluding hydrogens is 378 g/mol. The number of morpholine rings is 1. The number of nitrogens with zero attached hydrogens (tertiary/aromatic N) is 2. The van der Waals surface area contributed by atoms with Gasteiger partial charge in [0.2, 0.25) is 0 Å². The van der Waals surface area contributed by atoms with Crippen molar-refractivity contribution in [1.29, 1.82) is 0 Å². The van der Waals surface area contributed by atoms with Gasteiger partial charge in [-0.2, -0.15) is 0 Å². The molecule has 1 aromatic carbocycles. The summed E-state index contributed by atoms with van der Waals surface area (Å²) in [5.74, 6) is 1.40. The number of rotatable bonds is 10. The van der Waals surface area contributed by atoms with Crippen molar-refractivity contribution in [2.45, 2.75) is 46.7 Å². The SMILES string of the molecule is CCNC(=O)c1cccc(CN=C(NCC)NCC(CC(C)C)N2CCOCC2)c1. The van der Waals surface area contributed by atoms with Gasteiger partial charge in [-0.3, -0.25) is 9.69 Å². The van der Waals surface area contributed by atoms with Gasteiger partial charge in [0.15, 0.2) is 5.96 Å². The predicted octanol–water partition coefficient (Wildman–Crippen LogP) is 2.24. The molecule has 2 rings (SSSR count). The molecule has 1 amide bonds. The fourth-order valence-electron chi connectivity index (χ4n) is 3.65. The monoisotopic (exact) mass is 417 g/mol. The van der Waals surface area contributed by atoms with Crippen molar-refractivity contribution in [3.63, 3.8) is 0 Å². The molecule has 1 heterocycles. The van der Waals surface area contributed by atoms with Gasteiger partial charge in [-0.25, -0.2) is 4.99 Å². The van der Waals surface area contributed by atoms with Crippen molar-refractivity contribution in [3.8, 4) is 0 Å². The normalized spacial score (nSPS) is 16.4. The lowest BCUT2D eigenvalue weighted by molar-refractivity contribution is 0.0132. The Kier molecular flexibility index (Phi) is 10.7. The van der Waals surface area contributed by atoms with Gasteiger partial charge in [0.05, 0.1) is 19.8 Å². The molecule has 0 saturated carbocycles. The summed E-state index contributed by atoms with van der Waals surface area (Å²) in [6.07, 6.45) is 1.14. The Bertz CT molecular complexity index is 671. The summed E-state index contributed by atoms with van der Waals surface area (Å²) < 4.78 is 5.52. The van der Waals surface area contributed by atoms with Gasteiger partial charge >= 0.3 is 0 Å². The first-order chi connectivity index (χ1) is 14.5. The highest BCUT2D eigenvalue weighted by Crippen LogP contribution is 2.13. The average molecular weight is 418 g/mol. The fraction of sp³-hybridized carbons (Fsp3) is 0.652. The van der Waals surface area contributed by atoms with Crippen LogP contribution >= 0.6 is 0 Å². The number of carbonyl (C=O) groups is 1. The Morgan fingerprint density at radius 1 is 1.13 bits per heavy atom. The van der Waals surface area contributed by atoms with Crippen LogP contribution in [0.15, 0.2) is 29.3 Å². The van der Waals surface area contributed by atoms with E-state index >= 15 is 0 Å². The van der Waals surface area contributed by atoms with Crippen molar-refractivity contribution in [2.24, 2.45) is 10.9 Å². The van der Waals surface area contributed by atoms with E-state index in [9.17, 15) is 4.79 Å². The van der Waals surface area contributed by atoms with E-state index < -0.39 is 0 Å². The van der Waals surface area contributed by atoms with Crippen LogP contribution < -0.4 is 16.0 Å². The highest BCUT2D eigenvalue weighted by atomic mass is 16.5. The van der Waals surface area contributed by atoms with Crippen LogP contribution in [-0.4, -0.2) is 68.7 Å². The Labute approximate surface area is 181 Å². The zero-order chi connectivity index (χ0) is 21.8. The van der Waals surface area contributed by atoms with E-state index in [0.29, 0.717) is 30.6 Å².